The molecule has 0 radical (unpaired) electrons. The first-order chi connectivity index (χ1) is 9.04. The highest BCUT2D eigenvalue weighted by atomic mass is 32.2. The topological polar surface area (TPSA) is 72.0 Å². The van der Waals surface area contributed by atoms with Gasteiger partial charge in [-0.2, -0.15) is 0 Å². The Labute approximate surface area is 112 Å². The van der Waals surface area contributed by atoms with Crippen LogP contribution >= 0.6 is 0 Å². The molecule has 2 aromatic rings. The van der Waals surface area contributed by atoms with Crippen molar-refractivity contribution in [3.05, 3.63) is 24.5 Å². The summed E-state index contributed by atoms with van der Waals surface area (Å²) in [6.45, 7) is 0.884. The summed E-state index contributed by atoms with van der Waals surface area (Å²) < 4.78 is 23.2. The Bertz CT molecular complexity index is 724. The summed E-state index contributed by atoms with van der Waals surface area (Å²) in [6.07, 6.45) is 5.21. The van der Waals surface area contributed by atoms with E-state index in [2.05, 4.69) is 15.3 Å². The SMILES string of the molecule is CS(=O)(=O)c1ccc2ncnc(NCC3CC3)c2c1. The van der Waals surface area contributed by atoms with Gasteiger partial charge in [-0.05, 0) is 37.0 Å². The highest BCUT2D eigenvalue weighted by Gasteiger charge is 2.21. The van der Waals surface area contributed by atoms with Crippen LogP contribution in [-0.4, -0.2) is 31.2 Å². The average molecular weight is 277 g/mol. The Hall–Kier alpha value is -1.69. The molecule has 19 heavy (non-hydrogen) atoms. The van der Waals surface area contributed by atoms with Crippen molar-refractivity contribution in [2.24, 2.45) is 5.92 Å². The maximum absolute atomic E-state index is 11.6. The van der Waals surface area contributed by atoms with Crippen molar-refractivity contribution in [1.82, 2.24) is 9.97 Å². The Balaban J connectivity index is 2.04. The number of fused-ring (bicyclic) bond motifs is 1. The number of rotatable bonds is 4. The summed E-state index contributed by atoms with van der Waals surface area (Å²) in [6, 6.07) is 4.94. The highest BCUT2D eigenvalue weighted by Crippen LogP contribution is 2.30. The Morgan fingerprint density at radius 3 is 2.79 bits per heavy atom. The first kappa shape index (κ1) is 12.3. The molecule has 1 aliphatic rings. The molecule has 1 aliphatic carbocycles. The van der Waals surface area contributed by atoms with Gasteiger partial charge in [-0.1, -0.05) is 0 Å². The van der Waals surface area contributed by atoms with E-state index in [4.69, 9.17) is 0 Å². The van der Waals surface area contributed by atoms with Crippen LogP contribution in [0.5, 0.6) is 0 Å². The molecule has 1 fully saturated rings. The second kappa shape index (κ2) is 4.45. The van der Waals surface area contributed by atoms with E-state index in [-0.39, 0.29) is 0 Å². The lowest BCUT2D eigenvalue weighted by Gasteiger charge is -2.08. The molecule has 0 saturated heterocycles. The molecule has 1 heterocycles. The van der Waals surface area contributed by atoms with E-state index in [9.17, 15) is 8.42 Å². The van der Waals surface area contributed by atoms with E-state index >= 15 is 0 Å². The molecule has 5 nitrogen and oxygen atoms in total. The maximum Gasteiger partial charge on any atom is 0.175 e. The van der Waals surface area contributed by atoms with Crippen molar-refractivity contribution >= 4 is 26.6 Å². The van der Waals surface area contributed by atoms with Gasteiger partial charge < -0.3 is 5.32 Å². The molecule has 3 rings (SSSR count). The molecule has 1 N–H and O–H groups in total. The van der Waals surface area contributed by atoms with Crippen LogP contribution in [0, 0.1) is 5.92 Å². The van der Waals surface area contributed by atoms with Crippen molar-refractivity contribution in [3.63, 3.8) is 0 Å². The van der Waals surface area contributed by atoms with Crippen LogP contribution in [0.3, 0.4) is 0 Å². The molecule has 6 heteroatoms. The number of anilines is 1. The first-order valence-electron chi connectivity index (χ1n) is 6.23. The lowest BCUT2D eigenvalue weighted by atomic mass is 10.2. The minimum Gasteiger partial charge on any atom is -0.369 e. The third kappa shape index (κ3) is 2.68. The minimum atomic E-state index is -3.21. The molecule has 1 saturated carbocycles. The third-order valence-electron chi connectivity index (χ3n) is 3.29. The van der Waals surface area contributed by atoms with E-state index in [1.807, 2.05) is 0 Å². The van der Waals surface area contributed by atoms with Gasteiger partial charge in [0.15, 0.2) is 9.84 Å². The fraction of sp³-hybridized carbons (Fsp3) is 0.385. The molecule has 1 aromatic carbocycles. The summed E-state index contributed by atoms with van der Waals surface area (Å²) in [5.74, 6) is 1.44. The number of nitrogens with one attached hydrogen (secondary N) is 1. The normalized spacial score (nSPS) is 15.6. The molecular weight excluding hydrogens is 262 g/mol. The fourth-order valence-corrected chi connectivity index (χ4v) is 2.62. The van der Waals surface area contributed by atoms with E-state index < -0.39 is 9.84 Å². The zero-order chi connectivity index (χ0) is 13.5. The number of nitrogens with zero attached hydrogens (tertiary/aromatic N) is 2. The van der Waals surface area contributed by atoms with Gasteiger partial charge >= 0.3 is 0 Å². The van der Waals surface area contributed by atoms with Crippen LogP contribution in [-0.2, 0) is 9.84 Å². The van der Waals surface area contributed by atoms with Crippen molar-refractivity contribution in [2.45, 2.75) is 17.7 Å². The van der Waals surface area contributed by atoms with Crippen LogP contribution in [0.2, 0.25) is 0 Å². The Kier molecular flexibility index (Phi) is 2.89. The summed E-state index contributed by atoms with van der Waals surface area (Å²) in [5.41, 5.74) is 0.751. The number of aromatic nitrogens is 2. The van der Waals surface area contributed by atoms with Crippen LogP contribution in [0.1, 0.15) is 12.8 Å². The van der Waals surface area contributed by atoms with Gasteiger partial charge in [0.1, 0.15) is 12.1 Å². The van der Waals surface area contributed by atoms with Crippen LogP contribution in [0.15, 0.2) is 29.4 Å². The second-order valence-corrected chi connectivity index (χ2v) is 7.01. The van der Waals surface area contributed by atoms with Gasteiger partial charge in [0, 0.05) is 18.2 Å². The average Bonchev–Trinajstić information content (AvgIpc) is 3.18. The van der Waals surface area contributed by atoms with Crippen molar-refractivity contribution in [1.29, 1.82) is 0 Å². The molecule has 0 atom stereocenters. The van der Waals surface area contributed by atoms with Crippen LogP contribution < -0.4 is 5.32 Å². The lowest BCUT2D eigenvalue weighted by Crippen LogP contribution is -2.06. The first-order valence-corrected chi connectivity index (χ1v) is 8.12. The molecule has 0 unspecified atom stereocenters. The number of hydrogen-bond donors (Lipinski definition) is 1. The molecule has 0 aliphatic heterocycles. The third-order valence-corrected chi connectivity index (χ3v) is 4.40. The Morgan fingerprint density at radius 1 is 1.32 bits per heavy atom. The van der Waals surface area contributed by atoms with E-state index in [0.29, 0.717) is 10.7 Å². The van der Waals surface area contributed by atoms with E-state index in [1.165, 1.54) is 25.4 Å². The van der Waals surface area contributed by atoms with E-state index in [0.717, 1.165) is 23.4 Å². The van der Waals surface area contributed by atoms with Gasteiger partial charge in [0.25, 0.3) is 0 Å². The standard InChI is InChI=1S/C13H15N3O2S/c1-19(17,18)10-4-5-12-11(6-10)13(16-8-15-12)14-7-9-2-3-9/h4-6,8-9H,2-3,7H2,1H3,(H,14,15,16). The summed E-state index contributed by atoms with van der Waals surface area (Å²) in [4.78, 5) is 8.67. The fourth-order valence-electron chi connectivity index (χ4n) is 1.97. The summed E-state index contributed by atoms with van der Waals surface area (Å²) in [5, 5.41) is 4.04. The van der Waals surface area contributed by atoms with Crippen molar-refractivity contribution in [3.8, 4) is 0 Å². The predicted molar refractivity (Wildman–Crippen MR) is 73.9 cm³/mol. The van der Waals surface area contributed by atoms with Gasteiger partial charge in [-0.15, -0.1) is 0 Å². The quantitative estimate of drug-likeness (QED) is 0.923. The zero-order valence-electron chi connectivity index (χ0n) is 10.6. The van der Waals surface area contributed by atoms with Gasteiger partial charge in [0.2, 0.25) is 0 Å². The maximum atomic E-state index is 11.6. The molecule has 0 amide bonds. The largest absolute Gasteiger partial charge is 0.369 e. The Morgan fingerprint density at radius 2 is 2.11 bits per heavy atom. The monoisotopic (exact) mass is 277 g/mol. The minimum absolute atomic E-state index is 0.296. The molecular formula is C13H15N3O2S. The summed E-state index contributed by atoms with van der Waals surface area (Å²) in [7, 11) is -3.21. The van der Waals surface area contributed by atoms with Gasteiger partial charge in [-0.25, -0.2) is 18.4 Å². The molecule has 0 bridgehead atoms. The highest BCUT2D eigenvalue weighted by molar-refractivity contribution is 7.90. The number of benzene rings is 1. The second-order valence-electron chi connectivity index (χ2n) is 5.00. The van der Waals surface area contributed by atoms with Crippen molar-refractivity contribution in [2.75, 3.05) is 18.1 Å². The lowest BCUT2D eigenvalue weighted by molar-refractivity contribution is 0.602. The molecule has 1 aromatic heterocycles. The van der Waals surface area contributed by atoms with Crippen LogP contribution in [0.4, 0.5) is 5.82 Å². The molecule has 0 spiro atoms. The number of sulfone groups is 1. The molecule has 100 valence electrons. The van der Waals surface area contributed by atoms with E-state index in [1.54, 1.807) is 18.2 Å². The van der Waals surface area contributed by atoms with Crippen molar-refractivity contribution < 1.29 is 8.42 Å². The van der Waals surface area contributed by atoms with Gasteiger partial charge in [0.05, 0.1) is 10.4 Å². The summed E-state index contributed by atoms with van der Waals surface area (Å²) >= 11 is 0. The number of hydrogen-bond acceptors (Lipinski definition) is 5. The zero-order valence-corrected chi connectivity index (χ0v) is 11.4. The predicted octanol–water partition coefficient (Wildman–Crippen LogP) is 1.86. The van der Waals surface area contributed by atoms with Gasteiger partial charge in [-0.3, -0.25) is 0 Å². The smallest absolute Gasteiger partial charge is 0.175 e. The van der Waals surface area contributed by atoms with Crippen LogP contribution in [0.25, 0.3) is 10.9 Å².